The van der Waals surface area contributed by atoms with Crippen LogP contribution in [0.4, 0.5) is 4.39 Å². The van der Waals surface area contributed by atoms with E-state index in [1.54, 1.807) is 31.3 Å². The Labute approximate surface area is 100.0 Å². The molecule has 3 N–H and O–H groups in total. The minimum absolute atomic E-state index is 0.166. The molecule has 0 spiro atoms. The van der Waals surface area contributed by atoms with Gasteiger partial charge in [-0.05, 0) is 17.7 Å². The van der Waals surface area contributed by atoms with Crippen molar-refractivity contribution in [3.05, 3.63) is 35.4 Å². The minimum Gasteiger partial charge on any atom is -0.375 e. The number of halogens is 1. The van der Waals surface area contributed by atoms with Crippen molar-refractivity contribution in [3.8, 4) is 0 Å². The maximum atomic E-state index is 12.5. The summed E-state index contributed by atoms with van der Waals surface area (Å²) in [5.74, 6) is -0.166. The quantitative estimate of drug-likeness (QED) is 0.808. The van der Waals surface area contributed by atoms with Crippen LogP contribution in [0.25, 0.3) is 0 Å². The van der Waals surface area contributed by atoms with Gasteiger partial charge in [-0.2, -0.15) is 0 Å². The SMILES string of the molecule is CNC(=O)c1ccc([C@@H](OC)[C@H](N)CF)cc1. The van der Waals surface area contributed by atoms with E-state index in [0.29, 0.717) is 5.56 Å². The molecule has 5 heteroatoms. The van der Waals surface area contributed by atoms with Crippen molar-refractivity contribution in [3.63, 3.8) is 0 Å². The zero-order valence-electron chi connectivity index (χ0n) is 9.94. The van der Waals surface area contributed by atoms with E-state index in [0.717, 1.165) is 5.56 Å². The van der Waals surface area contributed by atoms with Crippen LogP contribution in [0, 0.1) is 0 Å². The van der Waals surface area contributed by atoms with E-state index in [1.165, 1.54) is 7.11 Å². The van der Waals surface area contributed by atoms with Gasteiger partial charge in [-0.25, -0.2) is 4.39 Å². The van der Waals surface area contributed by atoms with Gasteiger partial charge in [-0.15, -0.1) is 0 Å². The van der Waals surface area contributed by atoms with Crippen molar-refractivity contribution in [2.75, 3.05) is 20.8 Å². The van der Waals surface area contributed by atoms with Crippen molar-refractivity contribution in [1.29, 1.82) is 0 Å². The molecule has 1 rings (SSSR count). The van der Waals surface area contributed by atoms with Crippen molar-refractivity contribution < 1.29 is 13.9 Å². The molecule has 1 amide bonds. The predicted octanol–water partition coefficient (Wildman–Crippen LogP) is 1.03. The highest BCUT2D eigenvalue weighted by molar-refractivity contribution is 5.93. The molecule has 17 heavy (non-hydrogen) atoms. The molecule has 0 aromatic heterocycles. The molecule has 0 saturated heterocycles. The number of hydrogen-bond donors (Lipinski definition) is 2. The third-order valence-corrected chi connectivity index (χ3v) is 2.55. The number of methoxy groups -OCH3 is 1. The van der Waals surface area contributed by atoms with E-state index in [-0.39, 0.29) is 5.91 Å². The standard InChI is InChI=1S/C12H17FN2O2/c1-15-12(16)9-5-3-8(4-6-9)11(17-2)10(14)7-13/h3-6,10-11H,7,14H2,1-2H3,(H,15,16)/t10-,11-/m1/s1. The Balaban J connectivity index is 2.88. The maximum Gasteiger partial charge on any atom is 0.251 e. The van der Waals surface area contributed by atoms with Gasteiger partial charge in [-0.1, -0.05) is 12.1 Å². The summed E-state index contributed by atoms with van der Waals surface area (Å²) < 4.78 is 17.7. The molecule has 0 aliphatic rings. The zero-order chi connectivity index (χ0) is 12.8. The van der Waals surface area contributed by atoms with Crippen molar-refractivity contribution >= 4 is 5.91 Å². The van der Waals surface area contributed by atoms with E-state index in [1.807, 2.05) is 0 Å². The first-order valence-corrected chi connectivity index (χ1v) is 5.30. The van der Waals surface area contributed by atoms with Crippen LogP contribution in [-0.2, 0) is 4.74 Å². The molecule has 1 aromatic carbocycles. The van der Waals surface area contributed by atoms with Gasteiger partial charge in [0.05, 0.1) is 12.1 Å². The number of nitrogens with two attached hydrogens (primary N) is 1. The Morgan fingerprint density at radius 1 is 1.47 bits per heavy atom. The monoisotopic (exact) mass is 240 g/mol. The second kappa shape index (κ2) is 6.32. The summed E-state index contributed by atoms with van der Waals surface area (Å²) in [5.41, 5.74) is 6.90. The van der Waals surface area contributed by atoms with E-state index in [9.17, 15) is 9.18 Å². The first-order chi connectivity index (χ1) is 8.13. The second-order valence-corrected chi connectivity index (χ2v) is 3.68. The molecular weight excluding hydrogens is 223 g/mol. The Hall–Kier alpha value is -1.46. The summed E-state index contributed by atoms with van der Waals surface area (Å²) in [4.78, 5) is 11.3. The predicted molar refractivity (Wildman–Crippen MR) is 63.5 cm³/mol. The van der Waals surface area contributed by atoms with E-state index in [4.69, 9.17) is 10.5 Å². The molecule has 2 atom stereocenters. The van der Waals surface area contributed by atoms with Gasteiger partial charge in [0.25, 0.3) is 5.91 Å². The van der Waals surface area contributed by atoms with Gasteiger partial charge in [0.1, 0.15) is 6.67 Å². The molecule has 4 nitrogen and oxygen atoms in total. The lowest BCUT2D eigenvalue weighted by Crippen LogP contribution is -2.31. The lowest BCUT2D eigenvalue weighted by atomic mass is 10.0. The third-order valence-electron chi connectivity index (χ3n) is 2.55. The van der Waals surface area contributed by atoms with Crippen molar-refractivity contribution in [1.82, 2.24) is 5.32 Å². The van der Waals surface area contributed by atoms with Crippen LogP contribution >= 0.6 is 0 Å². The number of rotatable bonds is 5. The summed E-state index contributed by atoms with van der Waals surface area (Å²) in [5, 5.41) is 2.52. The topological polar surface area (TPSA) is 64.3 Å². The normalized spacial score (nSPS) is 14.1. The van der Waals surface area contributed by atoms with Gasteiger partial charge >= 0.3 is 0 Å². The highest BCUT2D eigenvalue weighted by Crippen LogP contribution is 2.20. The average molecular weight is 240 g/mol. The molecule has 0 saturated carbocycles. The number of carbonyl (C=O) groups is 1. The summed E-state index contributed by atoms with van der Waals surface area (Å²) in [6.07, 6.45) is -0.501. The van der Waals surface area contributed by atoms with E-state index < -0.39 is 18.8 Å². The minimum atomic E-state index is -0.703. The zero-order valence-corrected chi connectivity index (χ0v) is 9.94. The molecule has 0 unspecified atom stereocenters. The summed E-state index contributed by atoms with van der Waals surface area (Å²) in [6, 6.07) is 6.05. The lowest BCUT2D eigenvalue weighted by Gasteiger charge is -2.20. The summed E-state index contributed by atoms with van der Waals surface area (Å²) >= 11 is 0. The molecule has 0 aliphatic heterocycles. The van der Waals surface area contributed by atoms with E-state index >= 15 is 0 Å². The number of carbonyl (C=O) groups excluding carboxylic acids is 1. The summed E-state index contributed by atoms with van der Waals surface area (Å²) in [7, 11) is 3.04. The van der Waals surface area contributed by atoms with Crippen LogP contribution in [0.15, 0.2) is 24.3 Å². The lowest BCUT2D eigenvalue weighted by molar-refractivity contribution is 0.0720. The highest BCUT2D eigenvalue weighted by Gasteiger charge is 2.19. The molecule has 0 radical (unpaired) electrons. The number of benzene rings is 1. The van der Waals surface area contributed by atoms with E-state index in [2.05, 4.69) is 5.32 Å². The Bertz CT molecular complexity index is 367. The fourth-order valence-corrected chi connectivity index (χ4v) is 1.61. The van der Waals surface area contributed by atoms with Crippen LogP contribution in [-0.4, -0.2) is 32.8 Å². The molecule has 0 fully saturated rings. The van der Waals surface area contributed by atoms with Crippen LogP contribution in [0.5, 0.6) is 0 Å². The Morgan fingerprint density at radius 2 is 2.06 bits per heavy atom. The van der Waals surface area contributed by atoms with Crippen LogP contribution in [0.3, 0.4) is 0 Å². The summed E-state index contributed by atoms with van der Waals surface area (Å²) in [6.45, 7) is -0.657. The van der Waals surface area contributed by atoms with Gasteiger partial charge in [0.15, 0.2) is 0 Å². The number of hydrogen-bond acceptors (Lipinski definition) is 3. The number of ether oxygens (including phenoxy) is 1. The van der Waals surface area contributed by atoms with Crippen LogP contribution in [0.2, 0.25) is 0 Å². The van der Waals surface area contributed by atoms with Gasteiger partial charge in [-0.3, -0.25) is 4.79 Å². The molecule has 0 aliphatic carbocycles. The fourth-order valence-electron chi connectivity index (χ4n) is 1.61. The third kappa shape index (κ3) is 3.25. The highest BCUT2D eigenvalue weighted by atomic mass is 19.1. The largest absolute Gasteiger partial charge is 0.375 e. The second-order valence-electron chi connectivity index (χ2n) is 3.68. The van der Waals surface area contributed by atoms with Gasteiger partial charge in [0, 0.05) is 19.7 Å². The van der Waals surface area contributed by atoms with Gasteiger partial charge in [0.2, 0.25) is 0 Å². The Kier molecular flexibility index (Phi) is 5.06. The molecular formula is C12H17FN2O2. The van der Waals surface area contributed by atoms with Gasteiger partial charge < -0.3 is 15.8 Å². The van der Waals surface area contributed by atoms with Crippen LogP contribution < -0.4 is 11.1 Å². The average Bonchev–Trinajstić information content (AvgIpc) is 2.39. The molecule has 0 heterocycles. The Morgan fingerprint density at radius 3 is 2.47 bits per heavy atom. The maximum absolute atomic E-state index is 12.5. The van der Waals surface area contributed by atoms with Crippen LogP contribution in [0.1, 0.15) is 22.0 Å². The molecule has 0 bridgehead atoms. The first-order valence-electron chi connectivity index (χ1n) is 5.30. The van der Waals surface area contributed by atoms with Crippen molar-refractivity contribution in [2.45, 2.75) is 12.1 Å². The molecule has 1 aromatic rings. The van der Waals surface area contributed by atoms with Crippen molar-refractivity contribution in [2.24, 2.45) is 5.73 Å². The number of alkyl halides is 1. The fraction of sp³-hybridized carbons (Fsp3) is 0.417. The molecule has 94 valence electrons. The first kappa shape index (κ1) is 13.6. The number of amides is 1. The smallest absolute Gasteiger partial charge is 0.251 e. The number of nitrogens with one attached hydrogen (secondary N) is 1.